The number of thiophene rings is 1. The summed E-state index contributed by atoms with van der Waals surface area (Å²) in [6, 6.07) is 4.01. The lowest BCUT2D eigenvalue weighted by atomic mass is 10.2. The molecule has 0 radical (unpaired) electrons. The van der Waals surface area contributed by atoms with Crippen molar-refractivity contribution in [3.05, 3.63) is 21.3 Å². The van der Waals surface area contributed by atoms with E-state index in [0.29, 0.717) is 5.92 Å². The van der Waals surface area contributed by atoms with Gasteiger partial charge in [0.05, 0.1) is 4.34 Å². The van der Waals surface area contributed by atoms with Crippen LogP contribution in [0.4, 0.5) is 0 Å². The normalized spacial score (nSPS) is 11.9. The molecule has 17 heavy (non-hydrogen) atoms. The highest BCUT2D eigenvalue weighted by atomic mass is 35.5. The van der Waals surface area contributed by atoms with Crippen molar-refractivity contribution < 1.29 is 0 Å². The molecule has 0 amide bonds. The Bertz CT molecular complexity index is 360. The van der Waals surface area contributed by atoms with Crippen molar-refractivity contribution in [1.29, 1.82) is 0 Å². The highest BCUT2D eigenvalue weighted by Crippen LogP contribution is 2.21. The molecule has 0 spiro atoms. The molecule has 0 aliphatic rings. The zero-order valence-electron chi connectivity index (χ0n) is 10.6. The maximum absolute atomic E-state index is 5.88. The van der Waals surface area contributed by atoms with Gasteiger partial charge in [0.1, 0.15) is 0 Å². The lowest BCUT2D eigenvalue weighted by Gasteiger charge is -2.12. The highest BCUT2D eigenvalue weighted by molar-refractivity contribution is 7.16. The molecule has 96 valence electrons. The molecule has 0 saturated carbocycles. The van der Waals surface area contributed by atoms with Crippen LogP contribution in [0.5, 0.6) is 0 Å². The summed E-state index contributed by atoms with van der Waals surface area (Å²) in [5.74, 6) is 1.48. The van der Waals surface area contributed by atoms with Crippen molar-refractivity contribution in [1.82, 2.24) is 10.6 Å². The average Bonchev–Trinajstić information content (AvgIpc) is 2.69. The highest BCUT2D eigenvalue weighted by Gasteiger charge is 2.00. The maximum atomic E-state index is 5.88. The summed E-state index contributed by atoms with van der Waals surface area (Å²) in [5, 5.41) is 6.56. The summed E-state index contributed by atoms with van der Waals surface area (Å²) in [4.78, 5) is 5.46. The molecule has 1 rings (SSSR count). The minimum Gasteiger partial charge on any atom is -0.356 e. The number of halogens is 1. The van der Waals surface area contributed by atoms with E-state index >= 15 is 0 Å². The van der Waals surface area contributed by atoms with Gasteiger partial charge in [-0.25, -0.2) is 0 Å². The van der Waals surface area contributed by atoms with Crippen LogP contribution in [-0.4, -0.2) is 26.1 Å². The Hall–Kier alpha value is -0.740. The number of nitrogens with one attached hydrogen (secondary N) is 2. The van der Waals surface area contributed by atoms with Gasteiger partial charge in [-0.15, -0.1) is 11.3 Å². The average molecular weight is 274 g/mol. The van der Waals surface area contributed by atoms with Crippen LogP contribution >= 0.6 is 22.9 Å². The van der Waals surface area contributed by atoms with Gasteiger partial charge < -0.3 is 10.6 Å². The fraction of sp³-hybridized carbons (Fsp3) is 0.583. The second-order valence-corrected chi connectivity index (χ2v) is 6.03. The van der Waals surface area contributed by atoms with Crippen molar-refractivity contribution in [2.24, 2.45) is 10.9 Å². The molecular weight excluding hydrogens is 254 g/mol. The molecule has 1 heterocycles. The van der Waals surface area contributed by atoms with E-state index < -0.39 is 0 Å². The van der Waals surface area contributed by atoms with Crippen molar-refractivity contribution >= 4 is 28.9 Å². The second kappa shape index (κ2) is 7.56. The van der Waals surface area contributed by atoms with Crippen LogP contribution < -0.4 is 10.6 Å². The van der Waals surface area contributed by atoms with Crippen LogP contribution in [0.2, 0.25) is 4.34 Å². The molecule has 0 fully saturated rings. The molecule has 1 aromatic heterocycles. The topological polar surface area (TPSA) is 36.4 Å². The van der Waals surface area contributed by atoms with Gasteiger partial charge in [-0.2, -0.15) is 0 Å². The Balaban J connectivity index is 2.24. The summed E-state index contributed by atoms with van der Waals surface area (Å²) < 4.78 is 0.849. The molecule has 1 aromatic rings. The minimum atomic E-state index is 0.615. The van der Waals surface area contributed by atoms with Crippen LogP contribution in [-0.2, 0) is 6.42 Å². The molecule has 0 aliphatic carbocycles. The molecule has 0 aliphatic heterocycles. The molecule has 5 heteroatoms. The molecule has 0 unspecified atom stereocenters. The van der Waals surface area contributed by atoms with Crippen molar-refractivity contribution in [3.8, 4) is 0 Å². The zero-order valence-corrected chi connectivity index (χ0v) is 12.2. The van der Waals surface area contributed by atoms with E-state index in [4.69, 9.17) is 11.6 Å². The summed E-state index contributed by atoms with van der Waals surface area (Å²) >= 11 is 7.51. The van der Waals surface area contributed by atoms with E-state index in [0.717, 1.165) is 29.8 Å². The number of guanidine groups is 1. The van der Waals surface area contributed by atoms with E-state index in [1.807, 2.05) is 6.07 Å². The smallest absolute Gasteiger partial charge is 0.190 e. The van der Waals surface area contributed by atoms with Gasteiger partial charge in [0.25, 0.3) is 0 Å². The number of rotatable bonds is 5. The van der Waals surface area contributed by atoms with Crippen LogP contribution in [0.3, 0.4) is 0 Å². The van der Waals surface area contributed by atoms with Gasteiger partial charge in [-0.3, -0.25) is 4.99 Å². The van der Waals surface area contributed by atoms with Gasteiger partial charge in [-0.05, 0) is 24.5 Å². The lowest BCUT2D eigenvalue weighted by molar-refractivity contribution is 0.615. The van der Waals surface area contributed by atoms with Crippen molar-refractivity contribution in [2.45, 2.75) is 20.3 Å². The summed E-state index contributed by atoms with van der Waals surface area (Å²) in [7, 11) is 1.79. The number of nitrogens with zero attached hydrogens (tertiary/aromatic N) is 1. The summed E-state index contributed by atoms with van der Waals surface area (Å²) in [5.41, 5.74) is 0. The van der Waals surface area contributed by atoms with Crippen molar-refractivity contribution in [2.75, 3.05) is 20.1 Å². The third kappa shape index (κ3) is 5.94. The Morgan fingerprint density at radius 3 is 2.71 bits per heavy atom. The van der Waals surface area contributed by atoms with E-state index in [-0.39, 0.29) is 0 Å². The fourth-order valence-electron chi connectivity index (χ4n) is 1.31. The standard InChI is InChI=1S/C12H20ClN3S/c1-9(2)8-16-12(14-3)15-7-6-10-4-5-11(13)17-10/h4-5,9H,6-8H2,1-3H3,(H2,14,15,16). The second-order valence-electron chi connectivity index (χ2n) is 4.23. The molecule has 2 N–H and O–H groups in total. The van der Waals surface area contributed by atoms with Gasteiger partial charge >= 0.3 is 0 Å². The molecule has 0 bridgehead atoms. The Kier molecular flexibility index (Phi) is 6.37. The van der Waals surface area contributed by atoms with Gasteiger partial charge in [0.2, 0.25) is 0 Å². The van der Waals surface area contributed by atoms with E-state index in [1.54, 1.807) is 18.4 Å². The van der Waals surface area contributed by atoms with Gasteiger partial charge in [0, 0.05) is 25.0 Å². The predicted molar refractivity (Wildman–Crippen MR) is 77.2 cm³/mol. The lowest BCUT2D eigenvalue weighted by Crippen LogP contribution is -2.39. The molecule has 0 aromatic carbocycles. The largest absolute Gasteiger partial charge is 0.356 e. The Morgan fingerprint density at radius 2 is 2.18 bits per heavy atom. The van der Waals surface area contributed by atoms with Crippen LogP contribution in [0.1, 0.15) is 18.7 Å². The predicted octanol–water partition coefficient (Wildman–Crippen LogP) is 2.77. The number of hydrogen-bond acceptors (Lipinski definition) is 2. The summed E-state index contributed by atoms with van der Waals surface area (Å²) in [6.07, 6.45) is 0.972. The first-order chi connectivity index (χ1) is 8.11. The van der Waals surface area contributed by atoms with Crippen LogP contribution in [0, 0.1) is 5.92 Å². The number of aliphatic imine (C=N–C) groups is 1. The van der Waals surface area contributed by atoms with Crippen LogP contribution in [0.25, 0.3) is 0 Å². The first kappa shape index (κ1) is 14.3. The van der Waals surface area contributed by atoms with Gasteiger partial charge in [0.15, 0.2) is 5.96 Å². The number of hydrogen-bond donors (Lipinski definition) is 2. The van der Waals surface area contributed by atoms with Gasteiger partial charge in [-0.1, -0.05) is 25.4 Å². The molecule has 0 saturated heterocycles. The van der Waals surface area contributed by atoms with E-state index in [1.165, 1.54) is 4.88 Å². The summed E-state index contributed by atoms with van der Waals surface area (Å²) in [6.45, 7) is 6.15. The fourth-order valence-corrected chi connectivity index (χ4v) is 2.40. The Morgan fingerprint density at radius 1 is 1.41 bits per heavy atom. The minimum absolute atomic E-state index is 0.615. The first-order valence-electron chi connectivity index (χ1n) is 5.80. The third-order valence-electron chi connectivity index (χ3n) is 2.19. The zero-order chi connectivity index (χ0) is 12.7. The molecule has 3 nitrogen and oxygen atoms in total. The van der Waals surface area contributed by atoms with E-state index in [9.17, 15) is 0 Å². The van der Waals surface area contributed by atoms with E-state index in [2.05, 4.69) is 35.5 Å². The molecule has 0 atom stereocenters. The SMILES string of the molecule is CN=C(NCCc1ccc(Cl)s1)NCC(C)C. The first-order valence-corrected chi connectivity index (χ1v) is 7.00. The third-order valence-corrected chi connectivity index (χ3v) is 3.48. The van der Waals surface area contributed by atoms with Crippen LogP contribution in [0.15, 0.2) is 17.1 Å². The molecular formula is C12H20ClN3S. The maximum Gasteiger partial charge on any atom is 0.190 e. The van der Waals surface area contributed by atoms with Crippen molar-refractivity contribution in [3.63, 3.8) is 0 Å². The quantitative estimate of drug-likeness (QED) is 0.639. The Labute approximate surface area is 112 Å². The monoisotopic (exact) mass is 273 g/mol.